The summed E-state index contributed by atoms with van der Waals surface area (Å²) in [5, 5.41) is 21.5. The second-order valence-corrected chi connectivity index (χ2v) is 15.7. The van der Waals surface area contributed by atoms with Crippen LogP contribution in [0.5, 0.6) is 0 Å². The molecule has 0 aromatic rings. The molecule has 0 spiro atoms. The zero-order chi connectivity index (χ0) is 22.6. The Kier molecular flexibility index (Phi) is 9.82. The van der Waals surface area contributed by atoms with Crippen molar-refractivity contribution in [2.45, 2.75) is 115 Å². The van der Waals surface area contributed by atoms with Crippen molar-refractivity contribution in [3.63, 3.8) is 0 Å². The minimum Gasteiger partial charge on any atom is -0.416 e. The molecule has 2 N–H and O–H groups in total. The summed E-state index contributed by atoms with van der Waals surface area (Å²) in [6.45, 7) is 25.8. The van der Waals surface area contributed by atoms with Crippen molar-refractivity contribution >= 4 is 8.32 Å². The molecule has 1 heterocycles. The van der Waals surface area contributed by atoms with Crippen molar-refractivity contribution in [3.8, 4) is 0 Å². The molecule has 0 aromatic carbocycles. The molecular weight excluding hydrogens is 380 g/mol. The molecule has 1 saturated heterocycles. The molecule has 29 heavy (non-hydrogen) atoms. The Bertz CT molecular complexity index is 519. The lowest BCUT2D eigenvalue weighted by atomic mass is 9.81. The van der Waals surface area contributed by atoms with Crippen molar-refractivity contribution in [1.82, 2.24) is 0 Å². The van der Waals surface area contributed by atoms with E-state index >= 15 is 0 Å². The zero-order valence-electron chi connectivity index (χ0n) is 20.1. The summed E-state index contributed by atoms with van der Waals surface area (Å²) < 4.78 is 13.0. The Balaban J connectivity index is 2.89. The van der Waals surface area contributed by atoms with Gasteiger partial charge in [0.1, 0.15) is 0 Å². The van der Waals surface area contributed by atoms with Gasteiger partial charge in [-0.05, 0) is 36.4 Å². The second kappa shape index (κ2) is 10.7. The van der Waals surface area contributed by atoms with E-state index in [2.05, 4.69) is 61.6 Å². The van der Waals surface area contributed by atoms with Crippen LogP contribution in [0.15, 0.2) is 24.8 Å². The Morgan fingerprint density at radius 2 is 1.69 bits per heavy atom. The van der Waals surface area contributed by atoms with Gasteiger partial charge in [-0.15, -0.1) is 0 Å². The quantitative estimate of drug-likeness (QED) is 0.333. The molecule has 1 aliphatic heterocycles. The van der Waals surface area contributed by atoms with Crippen LogP contribution in [-0.4, -0.2) is 49.1 Å². The highest BCUT2D eigenvalue weighted by atomic mass is 28.4. The Labute approximate surface area is 180 Å². The zero-order valence-corrected chi connectivity index (χ0v) is 21.1. The molecule has 1 aliphatic rings. The van der Waals surface area contributed by atoms with Crippen LogP contribution in [0, 0.1) is 5.92 Å². The van der Waals surface area contributed by atoms with Crippen LogP contribution in [0.3, 0.4) is 0 Å². The maximum atomic E-state index is 10.8. The smallest absolute Gasteiger partial charge is 0.200 e. The molecule has 1 fully saturated rings. The van der Waals surface area contributed by atoms with Crippen LogP contribution in [0.4, 0.5) is 0 Å². The number of hydrogen-bond acceptors (Lipinski definition) is 4. The molecule has 2 unspecified atom stereocenters. The van der Waals surface area contributed by atoms with Gasteiger partial charge in [0.15, 0.2) is 8.32 Å². The summed E-state index contributed by atoms with van der Waals surface area (Å²) in [6.07, 6.45) is 2.07. The largest absolute Gasteiger partial charge is 0.416 e. The van der Waals surface area contributed by atoms with E-state index < -0.39 is 20.0 Å². The van der Waals surface area contributed by atoms with Gasteiger partial charge >= 0.3 is 0 Å². The fourth-order valence-corrected chi connectivity index (χ4v) is 10.8. The molecule has 0 saturated carbocycles. The van der Waals surface area contributed by atoms with Crippen LogP contribution in [-0.2, 0) is 9.16 Å². The Morgan fingerprint density at radius 1 is 1.17 bits per heavy atom. The Hall–Kier alpha value is -0.463. The summed E-state index contributed by atoms with van der Waals surface area (Å²) in [5.74, 6) is 0.0503. The van der Waals surface area contributed by atoms with Gasteiger partial charge in [-0.3, -0.25) is 0 Å². The first-order chi connectivity index (χ1) is 13.3. The summed E-state index contributed by atoms with van der Waals surface area (Å²) in [6, 6.07) is 0. The molecule has 0 aliphatic carbocycles. The lowest BCUT2D eigenvalue weighted by Gasteiger charge is -2.47. The third kappa shape index (κ3) is 6.27. The molecule has 5 heteroatoms. The number of aliphatic hydroxyl groups excluding tert-OH is 1. The topological polar surface area (TPSA) is 58.9 Å². The van der Waals surface area contributed by atoms with Gasteiger partial charge in [0.25, 0.3) is 0 Å². The first-order valence-corrected chi connectivity index (χ1v) is 13.4. The van der Waals surface area contributed by atoms with Gasteiger partial charge in [-0.25, -0.2) is 0 Å². The van der Waals surface area contributed by atoms with Gasteiger partial charge in [-0.1, -0.05) is 73.3 Å². The normalized spacial score (nSPS) is 29.5. The summed E-state index contributed by atoms with van der Waals surface area (Å²) >= 11 is 0. The summed E-state index contributed by atoms with van der Waals surface area (Å²) in [4.78, 5) is 0. The lowest BCUT2D eigenvalue weighted by molar-refractivity contribution is -0.224. The molecule has 4 nitrogen and oxygen atoms in total. The van der Waals surface area contributed by atoms with Gasteiger partial charge in [0, 0.05) is 18.9 Å². The van der Waals surface area contributed by atoms with Crippen molar-refractivity contribution in [2.24, 2.45) is 5.92 Å². The van der Waals surface area contributed by atoms with E-state index in [1.807, 2.05) is 0 Å². The molecule has 170 valence electrons. The third-order valence-electron chi connectivity index (χ3n) is 6.90. The van der Waals surface area contributed by atoms with Gasteiger partial charge < -0.3 is 19.4 Å². The highest BCUT2D eigenvalue weighted by molar-refractivity contribution is 6.77. The van der Waals surface area contributed by atoms with Gasteiger partial charge in [0.2, 0.25) is 0 Å². The average Bonchev–Trinajstić information content (AvgIpc) is 2.59. The van der Waals surface area contributed by atoms with E-state index in [1.54, 1.807) is 13.0 Å². The monoisotopic (exact) mass is 426 g/mol. The highest BCUT2D eigenvalue weighted by Gasteiger charge is 2.48. The summed E-state index contributed by atoms with van der Waals surface area (Å²) in [7, 11) is -1.97. The van der Waals surface area contributed by atoms with Crippen molar-refractivity contribution in [2.75, 3.05) is 6.61 Å². The van der Waals surface area contributed by atoms with Crippen molar-refractivity contribution in [3.05, 3.63) is 24.8 Å². The summed E-state index contributed by atoms with van der Waals surface area (Å²) in [5.41, 5.74) is 1.44. The SMILES string of the molecule is C=CC(=C)CC[C@H]1OC([C@H](C)CO[Si](C(C)C)(C(C)C)C(C)C)C(O)C[C@@]1(C)O. The van der Waals surface area contributed by atoms with Crippen LogP contribution in [0.2, 0.25) is 16.6 Å². The molecule has 1 rings (SSSR count). The minimum absolute atomic E-state index is 0.0503. The van der Waals surface area contributed by atoms with Crippen LogP contribution < -0.4 is 0 Å². The standard InChI is InChI=1S/C24H46O4Si/c1-11-19(8)12-13-22-24(10,26)14-21(25)23(28-22)20(9)15-27-29(16(2)3,17(4)5)18(6)7/h11,16-18,20-23,25-26H,1,8,12-15H2,2-7,9-10H3/t20-,21?,22-,23?,24-/m1/s1. The van der Waals surface area contributed by atoms with E-state index in [0.717, 1.165) is 12.0 Å². The number of aliphatic hydroxyl groups is 2. The van der Waals surface area contributed by atoms with E-state index in [-0.39, 0.29) is 18.1 Å². The maximum Gasteiger partial charge on any atom is 0.200 e. The minimum atomic E-state index is -1.97. The van der Waals surface area contributed by atoms with E-state index in [4.69, 9.17) is 9.16 Å². The van der Waals surface area contributed by atoms with Gasteiger partial charge in [0.05, 0.1) is 23.9 Å². The molecule has 5 atom stereocenters. The predicted molar refractivity (Wildman–Crippen MR) is 125 cm³/mol. The Morgan fingerprint density at radius 3 is 2.14 bits per heavy atom. The molecule has 0 aromatic heterocycles. The number of hydrogen-bond donors (Lipinski definition) is 2. The molecule has 0 radical (unpaired) electrons. The van der Waals surface area contributed by atoms with Crippen LogP contribution >= 0.6 is 0 Å². The highest BCUT2D eigenvalue weighted by Crippen LogP contribution is 2.43. The number of rotatable bonds is 11. The fraction of sp³-hybridized carbons (Fsp3) is 0.833. The molecule has 0 amide bonds. The van der Waals surface area contributed by atoms with Crippen LogP contribution in [0.25, 0.3) is 0 Å². The van der Waals surface area contributed by atoms with Crippen LogP contribution in [0.1, 0.15) is 74.7 Å². The van der Waals surface area contributed by atoms with E-state index in [1.165, 1.54) is 0 Å². The second-order valence-electron chi connectivity index (χ2n) is 10.2. The first-order valence-electron chi connectivity index (χ1n) is 11.3. The molecule has 0 bridgehead atoms. The van der Waals surface area contributed by atoms with Gasteiger partial charge in [-0.2, -0.15) is 0 Å². The predicted octanol–water partition coefficient (Wildman–Crippen LogP) is 5.61. The lowest BCUT2D eigenvalue weighted by Crippen LogP contribution is -2.57. The van der Waals surface area contributed by atoms with E-state index in [9.17, 15) is 10.2 Å². The third-order valence-corrected chi connectivity index (χ3v) is 13.0. The fourth-order valence-electron chi connectivity index (χ4n) is 5.28. The number of ether oxygens (including phenoxy) is 1. The maximum absolute atomic E-state index is 10.8. The van der Waals surface area contributed by atoms with E-state index in [0.29, 0.717) is 36.1 Å². The average molecular weight is 427 g/mol. The van der Waals surface area contributed by atoms with Crippen molar-refractivity contribution in [1.29, 1.82) is 0 Å². The van der Waals surface area contributed by atoms with Crippen molar-refractivity contribution < 1.29 is 19.4 Å². The first kappa shape index (κ1) is 26.6. The molecular formula is C24H46O4Si. The number of allylic oxidation sites excluding steroid dienone is 2.